The van der Waals surface area contributed by atoms with Crippen molar-refractivity contribution < 1.29 is 4.74 Å². The van der Waals surface area contributed by atoms with Crippen molar-refractivity contribution in [3.8, 4) is 0 Å². The van der Waals surface area contributed by atoms with Gasteiger partial charge in [-0.2, -0.15) is 0 Å². The zero-order valence-corrected chi connectivity index (χ0v) is 11.8. The zero-order chi connectivity index (χ0) is 11.9. The fourth-order valence-electron chi connectivity index (χ4n) is 2.02. The smallest absolute Gasteiger partial charge is 0.222 e. The molecule has 1 atom stereocenters. The number of rotatable bonds is 5. The summed E-state index contributed by atoms with van der Waals surface area (Å²) in [4.78, 5) is 7.90. The first kappa shape index (κ1) is 15.6. The van der Waals surface area contributed by atoms with Gasteiger partial charge in [0.05, 0.1) is 12.3 Å². The highest BCUT2D eigenvalue weighted by atomic mass is 35.5. The largest absolute Gasteiger partial charge is 0.375 e. The van der Waals surface area contributed by atoms with Crippen LogP contribution in [0.15, 0.2) is 12.3 Å². The van der Waals surface area contributed by atoms with E-state index in [1.807, 2.05) is 6.07 Å². The van der Waals surface area contributed by atoms with Crippen LogP contribution in [0.1, 0.15) is 31.4 Å². The minimum absolute atomic E-state index is 0. The lowest BCUT2D eigenvalue weighted by atomic mass is 10.0. The molecule has 1 aromatic rings. The molecule has 0 spiro atoms. The number of nitrogens with zero attached hydrogens (tertiary/aromatic N) is 2. The topological polar surface area (TPSA) is 47.0 Å². The molecule has 1 aliphatic rings. The molecule has 2 rings (SSSR count). The molecule has 1 saturated heterocycles. The third-order valence-electron chi connectivity index (χ3n) is 2.96. The summed E-state index contributed by atoms with van der Waals surface area (Å²) in [6.07, 6.45) is 6.62. The SMILES string of the molecule is Cl.Clc1nccc(COCCC2CCCCN2)n1. The third kappa shape index (κ3) is 5.48. The summed E-state index contributed by atoms with van der Waals surface area (Å²) in [5, 5.41) is 3.78. The first-order chi connectivity index (χ1) is 8.34. The minimum Gasteiger partial charge on any atom is -0.375 e. The van der Waals surface area contributed by atoms with Gasteiger partial charge in [0.25, 0.3) is 0 Å². The second-order valence-electron chi connectivity index (χ2n) is 4.31. The Bertz CT molecular complexity index is 346. The normalized spacial score (nSPS) is 19.3. The highest BCUT2D eigenvalue weighted by molar-refractivity contribution is 6.28. The van der Waals surface area contributed by atoms with Crippen molar-refractivity contribution in [3.05, 3.63) is 23.2 Å². The Kier molecular flexibility index (Phi) is 7.51. The molecular formula is C12H19Cl2N3O. The molecule has 1 aromatic heterocycles. The molecule has 0 radical (unpaired) electrons. The summed E-state index contributed by atoms with van der Waals surface area (Å²) in [7, 11) is 0. The van der Waals surface area contributed by atoms with E-state index in [0.717, 1.165) is 25.3 Å². The van der Waals surface area contributed by atoms with E-state index >= 15 is 0 Å². The van der Waals surface area contributed by atoms with Crippen LogP contribution in [0.4, 0.5) is 0 Å². The van der Waals surface area contributed by atoms with Gasteiger partial charge in [-0.3, -0.25) is 0 Å². The van der Waals surface area contributed by atoms with Crippen LogP contribution < -0.4 is 5.32 Å². The molecule has 0 amide bonds. The van der Waals surface area contributed by atoms with Crippen LogP contribution in [0.25, 0.3) is 0 Å². The van der Waals surface area contributed by atoms with Gasteiger partial charge in [-0.05, 0) is 43.5 Å². The van der Waals surface area contributed by atoms with Gasteiger partial charge in [0, 0.05) is 18.8 Å². The van der Waals surface area contributed by atoms with Crippen molar-refractivity contribution in [1.29, 1.82) is 0 Å². The Balaban J connectivity index is 0.00000162. The van der Waals surface area contributed by atoms with Gasteiger partial charge >= 0.3 is 0 Å². The number of piperidine rings is 1. The maximum Gasteiger partial charge on any atom is 0.222 e. The molecule has 0 aromatic carbocycles. The van der Waals surface area contributed by atoms with Crippen molar-refractivity contribution in [1.82, 2.24) is 15.3 Å². The third-order valence-corrected chi connectivity index (χ3v) is 3.14. The van der Waals surface area contributed by atoms with Gasteiger partial charge in [-0.1, -0.05) is 6.42 Å². The van der Waals surface area contributed by atoms with Crippen molar-refractivity contribution >= 4 is 24.0 Å². The van der Waals surface area contributed by atoms with Crippen LogP contribution in [0.5, 0.6) is 0 Å². The van der Waals surface area contributed by atoms with Crippen molar-refractivity contribution in [3.63, 3.8) is 0 Å². The highest BCUT2D eigenvalue weighted by Gasteiger charge is 2.11. The number of aromatic nitrogens is 2. The van der Waals surface area contributed by atoms with Crippen LogP contribution in [-0.2, 0) is 11.3 Å². The number of hydrogen-bond acceptors (Lipinski definition) is 4. The summed E-state index contributed by atoms with van der Waals surface area (Å²) in [6, 6.07) is 2.45. The van der Waals surface area contributed by atoms with Crippen LogP contribution >= 0.6 is 24.0 Å². The van der Waals surface area contributed by atoms with Gasteiger partial charge in [-0.25, -0.2) is 9.97 Å². The van der Waals surface area contributed by atoms with Crippen LogP contribution in [-0.4, -0.2) is 29.2 Å². The lowest BCUT2D eigenvalue weighted by molar-refractivity contribution is 0.106. The second kappa shape index (κ2) is 8.64. The van der Waals surface area contributed by atoms with Crippen LogP contribution in [0.3, 0.4) is 0 Å². The van der Waals surface area contributed by atoms with E-state index in [1.54, 1.807) is 6.20 Å². The Morgan fingerprint density at radius 1 is 1.44 bits per heavy atom. The number of hydrogen-bond donors (Lipinski definition) is 1. The summed E-state index contributed by atoms with van der Waals surface area (Å²) in [6.45, 7) is 2.42. The van der Waals surface area contributed by atoms with Crippen molar-refractivity contribution in [2.75, 3.05) is 13.2 Å². The fraction of sp³-hybridized carbons (Fsp3) is 0.667. The molecule has 18 heavy (non-hydrogen) atoms. The van der Waals surface area contributed by atoms with E-state index in [0.29, 0.717) is 12.6 Å². The quantitative estimate of drug-likeness (QED) is 0.669. The second-order valence-corrected chi connectivity index (χ2v) is 4.64. The molecule has 1 N–H and O–H groups in total. The van der Waals surface area contributed by atoms with Gasteiger partial charge in [0.2, 0.25) is 5.28 Å². The van der Waals surface area contributed by atoms with Crippen molar-refractivity contribution in [2.24, 2.45) is 0 Å². The molecule has 1 unspecified atom stereocenters. The number of halogens is 2. The lowest BCUT2D eigenvalue weighted by Gasteiger charge is -2.23. The number of nitrogens with one attached hydrogen (secondary N) is 1. The van der Waals surface area contributed by atoms with Crippen LogP contribution in [0.2, 0.25) is 5.28 Å². The fourth-order valence-corrected chi connectivity index (χ4v) is 2.19. The summed E-state index contributed by atoms with van der Waals surface area (Å²) < 4.78 is 5.59. The predicted molar refractivity (Wildman–Crippen MR) is 74.2 cm³/mol. The lowest BCUT2D eigenvalue weighted by Crippen LogP contribution is -2.34. The average Bonchev–Trinajstić information content (AvgIpc) is 2.36. The van der Waals surface area contributed by atoms with E-state index in [2.05, 4.69) is 15.3 Å². The molecule has 1 fully saturated rings. The Morgan fingerprint density at radius 2 is 2.33 bits per heavy atom. The van der Waals surface area contributed by atoms with E-state index < -0.39 is 0 Å². The molecule has 1 aliphatic heterocycles. The Labute approximate surface area is 119 Å². The Hall–Kier alpha value is -0.420. The van der Waals surface area contributed by atoms with E-state index in [4.69, 9.17) is 16.3 Å². The van der Waals surface area contributed by atoms with E-state index in [9.17, 15) is 0 Å². The van der Waals surface area contributed by atoms with E-state index in [1.165, 1.54) is 19.3 Å². The monoisotopic (exact) mass is 291 g/mol. The molecule has 0 bridgehead atoms. The van der Waals surface area contributed by atoms with Gasteiger partial charge in [0.1, 0.15) is 0 Å². The summed E-state index contributed by atoms with van der Waals surface area (Å²) in [5.41, 5.74) is 0.835. The molecular weight excluding hydrogens is 273 g/mol. The molecule has 0 saturated carbocycles. The van der Waals surface area contributed by atoms with Crippen LogP contribution in [0, 0.1) is 0 Å². The summed E-state index contributed by atoms with van der Waals surface area (Å²) >= 11 is 5.69. The van der Waals surface area contributed by atoms with Crippen molar-refractivity contribution in [2.45, 2.75) is 38.3 Å². The zero-order valence-electron chi connectivity index (χ0n) is 10.3. The van der Waals surface area contributed by atoms with Gasteiger partial charge < -0.3 is 10.1 Å². The van der Waals surface area contributed by atoms with E-state index in [-0.39, 0.29) is 17.7 Å². The molecule has 2 heterocycles. The maximum absolute atomic E-state index is 5.69. The predicted octanol–water partition coefficient (Wildman–Crippen LogP) is 2.60. The first-order valence-electron chi connectivity index (χ1n) is 6.13. The Morgan fingerprint density at radius 3 is 3.06 bits per heavy atom. The average molecular weight is 292 g/mol. The standard InChI is InChI=1S/C12H18ClN3O.ClH/c13-12-15-7-4-11(16-12)9-17-8-5-10-3-1-2-6-14-10;/h4,7,10,14H,1-3,5-6,8-9H2;1H. The first-order valence-corrected chi connectivity index (χ1v) is 6.51. The molecule has 102 valence electrons. The molecule has 0 aliphatic carbocycles. The summed E-state index contributed by atoms with van der Waals surface area (Å²) in [5.74, 6) is 0. The molecule has 4 nitrogen and oxygen atoms in total. The number of ether oxygens (including phenoxy) is 1. The highest BCUT2D eigenvalue weighted by Crippen LogP contribution is 2.10. The van der Waals surface area contributed by atoms with Gasteiger partial charge in [-0.15, -0.1) is 12.4 Å². The minimum atomic E-state index is 0. The van der Waals surface area contributed by atoms with Gasteiger partial charge in [0.15, 0.2) is 0 Å². The molecule has 6 heteroatoms. The maximum atomic E-state index is 5.69.